The van der Waals surface area contributed by atoms with Crippen LogP contribution in [-0.4, -0.2) is 22.1 Å². The lowest BCUT2D eigenvalue weighted by Gasteiger charge is -2.04. The molecule has 0 N–H and O–H groups in total. The Morgan fingerprint density at radius 3 is 2.60 bits per heavy atom. The van der Waals surface area contributed by atoms with Crippen LogP contribution in [0.25, 0.3) is 23.2 Å². The standard InChI is InChI=1S/C20H19FN2O2/c1-3-23-18-11-8-15(20(24)25-4-2)13-17(18)22-19(23)12-7-14-5-9-16(21)10-6-14/h5-13H,3-4H2,1-2H3/b12-7+. The summed E-state index contributed by atoms with van der Waals surface area (Å²) in [6.45, 7) is 4.90. The SMILES string of the molecule is CCOC(=O)c1ccc2c(c1)nc(/C=C/c1ccc(F)cc1)n2CC. The van der Waals surface area contributed by atoms with Crippen molar-refractivity contribution in [3.05, 3.63) is 65.2 Å². The van der Waals surface area contributed by atoms with Crippen LogP contribution in [0.15, 0.2) is 42.5 Å². The Hall–Kier alpha value is -2.95. The molecule has 128 valence electrons. The summed E-state index contributed by atoms with van der Waals surface area (Å²) in [5, 5.41) is 0. The number of hydrogen-bond donors (Lipinski definition) is 0. The molecule has 0 saturated heterocycles. The maximum absolute atomic E-state index is 13.0. The van der Waals surface area contributed by atoms with E-state index in [0.29, 0.717) is 12.2 Å². The number of ether oxygens (including phenoxy) is 1. The Morgan fingerprint density at radius 2 is 1.92 bits per heavy atom. The summed E-state index contributed by atoms with van der Waals surface area (Å²) in [5.74, 6) is 0.172. The highest BCUT2D eigenvalue weighted by atomic mass is 19.1. The number of imidazole rings is 1. The van der Waals surface area contributed by atoms with Crippen molar-refractivity contribution in [2.75, 3.05) is 6.61 Å². The molecule has 1 heterocycles. The number of aryl methyl sites for hydroxylation is 1. The molecule has 2 aromatic carbocycles. The van der Waals surface area contributed by atoms with Gasteiger partial charge in [-0.3, -0.25) is 0 Å². The normalized spacial score (nSPS) is 11.3. The number of fused-ring (bicyclic) bond motifs is 1. The zero-order chi connectivity index (χ0) is 17.8. The summed E-state index contributed by atoms with van der Waals surface area (Å²) in [7, 11) is 0. The summed E-state index contributed by atoms with van der Waals surface area (Å²) in [6.07, 6.45) is 3.78. The quantitative estimate of drug-likeness (QED) is 0.641. The molecule has 0 saturated carbocycles. The summed E-state index contributed by atoms with van der Waals surface area (Å²) >= 11 is 0. The molecule has 0 aliphatic rings. The minimum atomic E-state index is -0.348. The minimum Gasteiger partial charge on any atom is -0.462 e. The Labute approximate surface area is 145 Å². The monoisotopic (exact) mass is 338 g/mol. The van der Waals surface area contributed by atoms with Gasteiger partial charge in [-0.05, 0) is 55.8 Å². The summed E-state index contributed by atoms with van der Waals surface area (Å²) in [6, 6.07) is 11.7. The Kier molecular flexibility index (Phi) is 4.93. The lowest BCUT2D eigenvalue weighted by Crippen LogP contribution is -2.04. The van der Waals surface area contributed by atoms with Gasteiger partial charge >= 0.3 is 5.97 Å². The molecule has 25 heavy (non-hydrogen) atoms. The van der Waals surface area contributed by atoms with Crippen LogP contribution in [0.1, 0.15) is 35.6 Å². The van der Waals surface area contributed by atoms with E-state index >= 15 is 0 Å². The molecule has 0 fully saturated rings. The molecule has 0 aliphatic carbocycles. The average molecular weight is 338 g/mol. The smallest absolute Gasteiger partial charge is 0.338 e. The average Bonchev–Trinajstić information content (AvgIpc) is 2.98. The van der Waals surface area contributed by atoms with E-state index in [2.05, 4.69) is 9.55 Å². The van der Waals surface area contributed by atoms with E-state index in [1.54, 1.807) is 31.2 Å². The number of halogens is 1. The fourth-order valence-electron chi connectivity index (χ4n) is 2.69. The molecular weight excluding hydrogens is 319 g/mol. The third kappa shape index (κ3) is 3.60. The van der Waals surface area contributed by atoms with Crippen molar-refractivity contribution in [1.82, 2.24) is 9.55 Å². The molecule has 0 spiro atoms. The van der Waals surface area contributed by atoms with E-state index in [9.17, 15) is 9.18 Å². The van der Waals surface area contributed by atoms with E-state index in [0.717, 1.165) is 29.0 Å². The molecular formula is C20H19FN2O2. The van der Waals surface area contributed by atoms with Gasteiger partial charge in [0.15, 0.2) is 0 Å². The highest BCUT2D eigenvalue weighted by molar-refractivity contribution is 5.94. The number of benzene rings is 2. The van der Waals surface area contributed by atoms with Gasteiger partial charge in [0.1, 0.15) is 11.6 Å². The number of rotatable bonds is 5. The van der Waals surface area contributed by atoms with Crippen molar-refractivity contribution >= 4 is 29.2 Å². The molecule has 0 atom stereocenters. The number of nitrogens with zero attached hydrogens (tertiary/aromatic N) is 2. The van der Waals surface area contributed by atoms with Crippen molar-refractivity contribution in [3.8, 4) is 0 Å². The Bertz CT molecular complexity index is 927. The van der Waals surface area contributed by atoms with E-state index < -0.39 is 0 Å². The van der Waals surface area contributed by atoms with Crippen molar-refractivity contribution in [2.45, 2.75) is 20.4 Å². The third-order valence-corrected chi connectivity index (χ3v) is 3.90. The predicted octanol–water partition coefficient (Wildman–Crippen LogP) is 4.54. The van der Waals surface area contributed by atoms with Gasteiger partial charge in [0.2, 0.25) is 0 Å². The van der Waals surface area contributed by atoms with Crippen LogP contribution in [0.3, 0.4) is 0 Å². The van der Waals surface area contributed by atoms with Gasteiger partial charge in [0.05, 0.1) is 23.2 Å². The van der Waals surface area contributed by atoms with Crippen molar-refractivity contribution in [2.24, 2.45) is 0 Å². The summed E-state index contributed by atoms with van der Waals surface area (Å²) in [5.41, 5.74) is 3.08. The highest BCUT2D eigenvalue weighted by Gasteiger charge is 2.12. The number of carbonyl (C=O) groups excluding carboxylic acids is 1. The van der Waals surface area contributed by atoms with Gasteiger partial charge in [-0.25, -0.2) is 14.2 Å². The highest BCUT2D eigenvalue weighted by Crippen LogP contribution is 2.20. The molecule has 0 bridgehead atoms. The zero-order valence-corrected chi connectivity index (χ0v) is 14.2. The van der Waals surface area contributed by atoms with Crippen LogP contribution in [0, 0.1) is 5.82 Å². The van der Waals surface area contributed by atoms with Gasteiger partial charge in [-0.2, -0.15) is 0 Å². The number of hydrogen-bond acceptors (Lipinski definition) is 3. The van der Waals surface area contributed by atoms with Crippen molar-refractivity contribution in [3.63, 3.8) is 0 Å². The second kappa shape index (κ2) is 7.30. The second-order valence-corrected chi connectivity index (χ2v) is 5.52. The van der Waals surface area contributed by atoms with Gasteiger partial charge in [0.25, 0.3) is 0 Å². The molecule has 5 heteroatoms. The van der Waals surface area contributed by atoms with Gasteiger partial charge in [-0.15, -0.1) is 0 Å². The molecule has 0 aliphatic heterocycles. The number of aromatic nitrogens is 2. The summed E-state index contributed by atoms with van der Waals surface area (Å²) < 4.78 is 20.1. The molecule has 3 aromatic rings. The maximum Gasteiger partial charge on any atom is 0.338 e. The van der Waals surface area contributed by atoms with Gasteiger partial charge in [0, 0.05) is 6.54 Å². The first-order chi connectivity index (χ1) is 12.1. The largest absolute Gasteiger partial charge is 0.462 e. The second-order valence-electron chi connectivity index (χ2n) is 5.52. The lowest BCUT2D eigenvalue weighted by atomic mass is 10.2. The van der Waals surface area contributed by atoms with Crippen LogP contribution >= 0.6 is 0 Å². The topological polar surface area (TPSA) is 44.1 Å². The first-order valence-corrected chi connectivity index (χ1v) is 8.23. The Balaban J connectivity index is 1.97. The molecule has 3 rings (SSSR count). The van der Waals surface area contributed by atoms with Crippen LogP contribution in [0.4, 0.5) is 4.39 Å². The minimum absolute atomic E-state index is 0.260. The van der Waals surface area contributed by atoms with Crippen LogP contribution in [-0.2, 0) is 11.3 Å². The van der Waals surface area contributed by atoms with Crippen molar-refractivity contribution in [1.29, 1.82) is 0 Å². The fraction of sp³-hybridized carbons (Fsp3) is 0.200. The van der Waals surface area contributed by atoms with Crippen LogP contribution in [0.2, 0.25) is 0 Å². The fourth-order valence-corrected chi connectivity index (χ4v) is 2.69. The van der Waals surface area contributed by atoms with E-state index in [1.165, 1.54) is 12.1 Å². The van der Waals surface area contributed by atoms with Crippen LogP contribution in [0.5, 0.6) is 0 Å². The number of esters is 1. The molecule has 0 radical (unpaired) electrons. The van der Waals surface area contributed by atoms with Crippen molar-refractivity contribution < 1.29 is 13.9 Å². The number of carbonyl (C=O) groups is 1. The molecule has 0 amide bonds. The predicted molar refractivity (Wildman–Crippen MR) is 96.7 cm³/mol. The van der Waals surface area contributed by atoms with Gasteiger partial charge < -0.3 is 9.30 Å². The van der Waals surface area contributed by atoms with E-state index in [1.807, 2.05) is 25.1 Å². The maximum atomic E-state index is 13.0. The third-order valence-electron chi connectivity index (χ3n) is 3.90. The Morgan fingerprint density at radius 1 is 1.16 bits per heavy atom. The molecule has 1 aromatic heterocycles. The summed E-state index contributed by atoms with van der Waals surface area (Å²) in [4.78, 5) is 16.5. The lowest BCUT2D eigenvalue weighted by molar-refractivity contribution is 0.0526. The van der Waals surface area contributed by atoms with E-state index in [4.69, 9.17) is 4.74 Å². The van der Waals surface area contributed by atoms with E-state index in [-0.39, 0.29) is 11.8 Å². The first kappa shape index (κ1) is 16.9. The zero-order valence-electron chi connectivity index (χ0n) is 14.2. The first-order valence-electron chi connectivity index (χ1n) is 8.23. The van der Waals surface area contributed by atoms with Gasteiger partial charge in [-0.1, -0.05) is 18.2 Å². The molecule has 4 nitrogen and oxygen atoms in total. The van der Waals surface area contributed by atoms with Crippen LogP contribution < -0.4 is 0 Å². The molecule has 0 unspecified atom stereocenters.